The molecule has 6 nitrogen and oxygen atoms in total. The first-order valence-electron chi connectivity index (χ1n) is 8.51. The van der Waals surface area contributed by atoms with Crippen molar-refractivity contribution in [3.63, 3.8) is 0 Å². The Hall–Kier alpha value is -2.08. The van der Waals surface area contributed by atoms with Crippen molar-refractivity contribution in [2.75, 3.05) is 32.8 Å². The van der Waals surface area contributed by atoms with Crippen LogP contribution in [0.1, 0.15) is 25.3 Å². The maximum Gasteiger partial charge on any atom is 0.410 e. The topological polar surface area (TPSA) is 67.9 Å². The van der Waals surface area contributed by atoms with Crippen LogP contribution < -0.4 is 5.32 Å². The third kappa shape index (κ3) is 6.20. The van der Waals surface area contributed by atoms with Crippen molar-refractivity contribution in [2.24, 2.45) is 5.92 Å². The summed E-state index contributed by atoms with van der Waals surface area (Å²) in [6.07, 6.45) is 1.57. The lowest BCUT2D eigenvalue weighted by atomic mass is 9.97. The molecule has 0 aromatic heterocycles. The second-order valence-corrected chi connectivity index (χ2v) is 5.91. The second kappa shape index (κ2) is 9.93. The standard InChI is InChI=1S/C18H26N2O4/c1-2-23-17(21)13-19-12-15-8-10-20(11-9-15)18(22)24-14-16-6-4-3-5-7-16/h3-7,15,19H,2,8-14H2,1H3. The van der Waals surface area contributed by atoms with Crippen LogP contribution >= 0.6 is 0 Å². The van der Waals surface area contributed by atoms with Gasteiger partial charge in [0.1, 0.15) is 6.61 Å². The Morgan fingerprint density at radius 2 is 1.88 bits per heavy atom. The predicted octanol–water partition coefficient (Wildman–Crippen LogP) is 2.19. The minimum Gasteiger partial charge on any atom is -0.465 e. The first-order valence-corrected chi connectivity index (χ1v) is 8.51. The molecule has 1 fully saturated rings. The van der Waals surface area contributed by atoms with Gasteiger partial charge in [0.05, 0.1) is 13.2 Å². The largest absolute Gasteiger partial charge is 0.465 e. The van der Waals surface area contributed by atoms with E-state index in [-0.39, 0.29) is 18.6 Å². The number of ether oxygens (including phenoxy) is 2. The van der Waals surface area contributed by atoms with Gasteiger partial charge in [-0.1, -0.05) is 30.3 Å². The normalized spacial score (nSPS) is 15.1. The van der Waals surface area contributed by atoms with E-state index in [1.54, 1.807) is 11.8 Å². The van der Waals surface area contributed by atoms with Crippen LogP contribution in [0, 0.1) is 5.92 Å². The Morgan fingerprint density at radius 3 is 2.54 bits per heavy atom. The van der Waals surface area contributed by atoms with Crippen molar-refractivity contribution >= 4 is 12.1 Å². The van der Waals surface area contributed by atoms with E-state index in [1.165, 1.54) is 0 Å². The Labute approximate surface area is 143 Å². The Kier molecular flexibility index (Phi) is 7.55. The summed E-state index contributed by atoms with van der Waals surface area (Å²) >= 11 is 0. The summed E-state index contributed by atoms with van der Waals surface area (Å²) in [5.74, 6) is 0.247. The van der Waals surface area contributed by atoms with Gasteiger partial charge in [0.15, 0.2) is 0 Å². The van der Waals surface area contributed by atoms with Crippen molar-refractivity contribution in [3.8, 4) is 0 Å². The Balaban J connectivity index is 1.61. The molecular formula is C18H26N2O4. The van der Waals surface area contributed by atoms with Gasteiger partial charge in [0.2, 0.25) is 0 Å². The molecule has 1 N–H and O–H groups in total. The van der Waals surface area contributed by atoms with Gasteiger partial charge in [0.25, 0.3) is 0 Å². The fourth-order valence-electron chi connectivity index (χ4n) is 2.72. The van der Waals surface area contributed by atoms with Crippen molar-refractivity contribution in [1.82, 2.24) is 10.2 Å². The van der Waals surface area contributed by atoms with Crippen LogP contribution in [0.25, 0.3) is 0 Å². The number of benzene rings is 1. The van der Waals surface area contributed by atoms with Crippen molar-refractivity contribution in [2.45, 2.75) is 26.4 Å². The molecular weight excluding hydrogens is 308 g/mol. The van der Waals surface area contributed by atoms with Crippen LogP contribution in [0.4, 0.5) is 4.79 Å². The number of nitrogens with one attached hydrogen (secondary N) is 1. The molecule has 132 valence electrons. The summed E-state index contributed by atoms with van der Waals surface area (Å²) in [7, 11) is 0. The van der Waals surface area contributed by atoms with Gasteiger partial charge in [-0.2, -0.15) is 0 Å². The zero-order valence-corrected chi connectivity index (χ0v) is 14.2. The molecule has 1 amide bonds. The lowest BCUT2D eigenvalue weighted by molar-refractivity contribution is -0.142. The second-order valence-electron chi connectivity index (χ2n) is 5.91. The third-order valence-electron chi connectivity index (χ3n) is 4.09. The molecule has 0 aliphatic carbocycles. The zero-order valence-electron chi connectivity index (χ0n) is 14.2. The maximum atomic E-state index is 12.1. The quantitative estimate of drug-likeness (QED) is 0.774. The molecule has 2 rings (SSSR count). The minimum absolute atomic E-state index is 0.223. The molecule has 0 spiro atoms. The van der Waals surface area contributed by atoms with Gasteiger partial charge in [-0.15, -0.1) is 0 Å². The maximum absolute atomic E-state index is 12.1. The molecule has 6 heteroatoms. The predicted molar refractivity (Wildman–Crippen MR) is 90.4 cm³/mol. The van der Waals surface area contributed by atoms with Gasteiger partial charge in [-0.25, -0.2) is 4.79 Å². The first-order chi connectivity index (χ1) is 11.7. The number of hydrogen-bond acceptors (Lipinski definition) is 5. The molecule has 1 aromatic carbocycles. The fourth-order valence-corrected chi connectivity index (χ4v) is 2.72. The van der Waals surface area contributed by atoms with Gasteiger partial charge in [0, 0.05) is 13.1 Å². The van der Waals surface area contributed by atoms with E-state index in [9.17, 15) is 9.59 Å². The lowest BCUT2D eigenvalue weighted by Gasteiger charge is -2.31. The molecule has 0 atom stereocenters. The molecule has 1 aliphatic rings. The summed E-state index contributed by atoms with van der Waals surface area (Å²) in [5.41, 5.74) is 0.990. The molecule has 1 aromatic rings. The summed E-state index contributed by atoms with van der Waals surface area (Å²) in [6, 6.07) is 9.67. The highest BCUT2D eigenvalue weighted by Crippen LogP contribution is 2.17. The Morgan fingerprint density at radius 1 is 1.17 bits per heavy atom. The molecule has 1 saturated heterocycles. The van der Waals surface area contributed by atoms with E-state index >= 15 is 0 Å². The van der Waals surface area contributed by atoms with E-state index in [0.717, 1.165) is 24.9 Å². The number of carbonyl (C=O) groups is 2. The van der Waals surface area contributed by atoms with Crippen molar-refractivity contribution in [3.05, 3.63) is 35.9 Å². The average molecular weight is 334 g/mol. The highest BCUT2D eigenvalue weighted by molar-refractivity contribution is 5.71. The monoisotopic (exact) mass is 334 g/mol. The molecule has 0 radical (unpaired) electrons. The SMILES string of the molecule is CCOC(=O)CNCC1CCN(C(=O)OCc2ccccc2)CC1. The van der Waals surface area contributed by atoms with E-state index in [2.05, 4.69) is 5.32 Å². The van der Waals surface area contributed by atoms with Gasteiger partial charge in [-0.3, -0.25) is 4.79 Å². The molecule has 1 aliphatic heterocycles. The van der Waals surface area contributed by atoms with Gasteiger partial charge < -0.3 is 19.7 Å². The molecule has 0 bridgehead atoms. The molecule has 24 heavy (non-hydrogen) atoms. The summed E-state index contributed by atoms with van der Waals surface area (Å²) in [6.45, 7) is 4.91. The van der Waals surface area contributed by atoms with Crippen LogP contribution in [-0.4, -0.2) is 49.7 Å². The van der Waals surface area contributed by atoms with Crippen LogP contribution in [0.15, 0.2) is 30.3 Å². The van der Waals surface area contributed by atoms with Crippen molar-refractivity contribution < 1.29 is 19.1 Å². The number of hydrogen-bond donors (Lipinski definition) is 1. The number of piperidine rings is 1. The van der Waals surface area contributed by atoms with E-state index in [0.29, 0.717) is 32.2 Å². The van der Waals surface area contributed by atoms with E-state index in [1.807, 2.05) is 30.3 Å². The first kappa shape index (κ1) is 18.3. The number of esters is 1. The highest BCUT2D eigenvalue weighted by Gasteiger charge is 2.23. The smallest absolute Gasteiger partial charge is 0.410 e. The Bertz CT molecular complexity index is 513. The number of rotatable bonds is 7. The molecule has 1 heterocycles. The molecule has 0 unspecified atom stereocenters. The third-order valence-corrected chi connectivity index (χ3v) is 4.09. The van der Waals surface area contributed by atoms with Crippen LogP contribution in [0.5, 0.6) is 0 Å². The number of nitrogens with zero attached hydrogens (tertiary/aromatic N) is 1. The lowest BCUT2D eigenvalue weighted by Crippen LogP contribution is -2.41. The van der Waals surface area contributed by atoms with Crippen LogP contribution in [-0.2, 0) is 20.9 Å². The number of amides is 1. The van der Waals surface area contributed by atoms with E-state index in [4.69, 9.17) is 9.47 Å². The number of likely N-dealkylation sites (tertiary alicyclic amines) is 1. The minimum atomic E-state index is -0.253. The van der Waals surface area contributed by atoms with Gasteiger partial charge in [-0.05, 0) is 37.8 Å². The highest BCUT2D eigenvalue weighted by atomic mass is 16.6. The average Bonchev–Trinajstić information content (AvgIpc) is 2.61. The molecule has 0 saturated carbocycles. The van der Waals surface area contributed by atoms with Crippen LogP contribution in [0.3, 0.4) is 0 Å². The van der Waals surface area contributed by atoms with E-state index < -0.39 is 0 Å². The summed E-state index contributed by atoms with van der Waals surface area (Å²) in [4.78, 5) is 25.1. The van der Waals surface area contributed by atoms with Gasteiger partial charge >= 0.3 is 12.1 Å². The van der Waals surface area contributed by atoms with Crippen LogP contribution in [0.2, 0.25) is 0 Å². The fraction of sp³-hybridized carbons (Fsp3) is 0.556. The number of carbonyl (C=O) groups excluding carboxylic acids is 2. The summed E-state index contributed by atoms with van der Waals surface area (Å²) < 4.78 is 10.2. The van der Waals surface area contributed by atoms with Crippen molar-refractivity contribution in [1.29, 1.82) is 0 Å². The summed E-state index contributed by atoms with van der Waals surface area (Å²) in [5, 5.41) is 3.12. The zero-order chi connectivity index (χ0) is 17.2.